The van der Waals surface area contributed by atoms with E-state index in [1.807, 2.05) is 30.1 Å². The summed E-state index contributed by atoms with van der Waals surface area (Å²) >= 11 is 17.9. The molecule has 0 radical (unpaired) electrons. The van der Waals surface area contributed by atoms with Crippen molar-refractivity contribution < 1.29 is 9.13 Å². The summed E-state index contributed by atoms with van der Waals surface area (Å²) in [4.78, 5) is 4.56. The van der Waals surface area contributed by atoms with Crippen molar-refractivity contribution in [3.8, 4) is 16.9 Å². The molecule has 2 aromatic heterocycles. The van der Waals surface area contributed by atoms with Gasteiger partial charge in [0.05, 0.1) is 17.3 Å². The highest BCUT2D eigenvalue weighted by molar-refractivity contribution is 7.80. The van der Waals surface area contributed by atoms with E-state index in [1.165, 1.54) is 12.1 Å². The van der Waals surface area contributed by atoms with Crippen molar-refractivity contribution in [1.29, 1.82) is 0 Å². The molecule has 0 spiro atoms. The van der Waals surface area contributed by atoms with E-state index < -0.39 is 11.9 Å². The number of nitrogens with zero attached hydrogens (tertiary/aromatic N) is 3. The number of rotatable bonds is 7. The number of hydrogen-bond acceptors (Lipinski definition) is 5. The number of halogens is 3. The van der Waals surface area contributed by atoms with Gasteiger partial charge in [0.2, 0.25) is 0 Å². The molecule has 7 nitrogen and oxygen atoms in total. The Bertz CT molecular complexity index is 1200. The highest BCUT2D eigenvalue weighted by atomic mass is 35.5. The molecule has 1 saturated heterocycles. The van der Waals surface area contributed by atoms with Crippen molar-refractivity contribution in [2.45, 2.75) is 38.8 Å². The molecule has 3 aromatic rings. The Hall–Kier alpha value is -2.46. The summed E-state index contributed by atoms with van der Waals surface area (Å²) in [6.45, 7) is 6.31. The average Bonchev–Trinajstić information content (AvgIpc) is 3.34. The third-order valence-electron chi connectivity index (χ3n) is 5.83. The lowest BCUT2D eigenvalue weighted by molar-refractivity contribution is 0.227. The van der Waals surface area contributed by atoms with Crippen LogP contribution in [0.5, 0.6) is 5.75 Å². The Labute approximate surface area is 219 Å². The fourth-order valence-electron chi connectivity index (χ4n) is 4.02. The third kappa shape index (κ3) is 6.03. The Kier molecular flexibility index (Phi) is 8.43. The number of benzene rings is 1. The third-order valence-corrected chi connectivity index (χ3v) is 6.79. The van der Waals surface area contributed by atoms with Crippen LogP contribution >= 0.6 is 35.4 Å². The van der Waals surface area contributed by atoms with Crippen LogP contribution in [0, 0.1) is 5.82 Å². The maximum atomic E-state index is 14.1. The van der Waals surface area contributed by atoms with Crippen LogP contribution in [0.2, 0.25) is 10.0 Å². The average molecular weight is 537 g/mol. The number of ether oxygens (including phenoxy) is 1. The number of nitrogens with one attached hydrogen (secondary N) is 3. The smallest absolute Gasteiger partial charge is 0.175 e. The summed E-state index contributed by atoms with van der Waals surface area (Å²) in [5.41, 5.74) is 2.09. The van der Waals surface area contributed by atoms with E-state index in [1.54, 1.807) is 13.1 Å². The van der Waals surface area contributed by atoms with Crippen LogP contribution in [0.4, 0.5) is 10.2 Å². The lowest BCUT2D eigenvalue weighted by Crippen LogP contribution is -2.29. The first-order valence-corrected chi connectivity index (χ1v) is 12.6. The van der Waals surface area contributed by atoms with Gasteiger partial charge in [0.1, 0.15) is 11.9 Å². The zero-order valence-electron chi connectivity index (χ0n) is 19.4. The van der Waals surface area contributed by atoms with Gasteiger partial charge in [0.25, 0.3) is 0 Å². The van der Waals surface area contributed by atoms with E-state index >= 15 is 0 Å². The molecule has 3 heterocycles. The Morgan fingerprint density at radius 1 is 1.29 bits per heavy atom. The molecule has 1 atom stereocenters. The van der Waals surface area contributed by atoms with E-state index in [0.717, 1.165) is 37.1 Å². The van der Waals surface area contributed by atoms with Gasteiger partial charge in [-0.2, -0.15) is 5.10 Å². The van der Waals surface area contributed by atoms with Crippen molar-refractivity contribution in [2.24, 2.45) is 0 Å². The quantitative estimate of drug-likeness (QED) is 0.261. The molecule has 1 aromatic carbocycles. The molecular formula is C24H27Cl2FN6OS. The predicted molar refractivity (Wildman–Crippen MR) is 142 cm³/mol. The summed E-state index contributed by atoms with van der Waals surface area (Å²) in [6.07, 6.45) is 6.99. The molecule has 1 fully saturated rings. The standard InChI is InChI=1S/C24H27Cl2FN6OS/c1-3-29-24(35)32-23-20(34-14(2)21-18(25)4-5-19(27)22(21)26)10-15(11-30-23)16-12-31-33(13-16)17-6-8-28-9-7-17/h4-5,10-14,17,28H,3,6-9H2,1-2H3,(H2,29,30,32,35)/t14-/m1/s1. The zero-order valence-corrected chi connectivity index (χ0v) is 21.8. The second-order valence-electron chi connectivity index (χ2n) is 8.26. The van der Waals surface area contributed by atoms with Crippen LogP contribution in [0.15, 0.2) is 36.8 Å². The minimum atomic E-state index is -0.659. The second kappa shape index (κ2) is 11.5. The highest BCUT2D eigenvalue weighted by Crippen LogP contribution is 2.37. The summed E-state index contributed by atoms with van der Waals surface area (Å²) in [7, 11) is 0. The van der Waals surface area contributed by atoms with E-state index in [-0.39, 0.29) is 5.02 Å². The minimum Gasteiger partial charge on any atom is -0.482 e. The maximum Gasteiger partial charge on any atom is 0.175 e. The van der Waals surface area contributed by atoms with Crippen LogP contribution in [0.25, 0.3) is 11.1 Å². The first kappa shape index (κ1) is 25.6. The fraction of sp³-hybridized carbons (Fsp3) is 0.375. The van der Waals surface area contributed by atoms with Gasteiger partial charge >= 0.3 is 0 Å². The summed E-state index contributed by atoms with van der Waals surface area (Å²) in [6, 6.07) is 4.90. The molecule has 3 N–H and O–H groups in total. The molecule has 0 saturated carbocycles. The van der Waals surface area contributed by atoms with Crippen molar-refractivity contribution in [3.05, 3.63) is 58.2 Å². The van der Waals surface area contributed by atoms with Crippen LogP contribution in [0.3, 0.4) is 0 Å². The highest BCUT2D eigenvalue weighted by Gasteiger charge is 2.22. The maximum absolute atomic E-state index is 14.1. The molecule has 35 heavy (non-hydrogen) atoms. The van der Waals surface area contributed by atoms with E-state index in [9.17, 15) is 4.39 Å². The summed E-state index contributed by atoms with van der Waals surface area (Å²) in [5.74, 6) is 0.271. The Balaban J connectivity index is 1.65. The van der Waals surface area contributed by atoms with Crippen LogP contribution in [-0.2, 0) is 0 Å². The number of piperidine rings is 1. The van der Waals surface area contributed by atoms with Gasteiger partial charge in [0.15, 0.2) is 16.7 Å². The van der Waals surface area contributed by atoms with Crippen molar-refractivity contribution in [1.82, 2.24) is 25.4 Å². The summed E-state index contributed by atoms with van der Waals surface area (Å²) < 4.78 is 22.4. The van der Waals surface area contributed by atoms with Gasteiger partial charge in [-0.05, 0) is 70.2 Å². The van der Waals surface area contributed by atoms with E-state index in [0.29, 0.717) is 39.9 Å². The van der Waals surface area contributed by atoms with Gasteiger partial charge in [-0.25, -0.2) is 9.37 Å². The molecule has 11 heteroatoms. The number of pyridine rings is 1. The fourth-order valence-corrected chi connectivity index (χ4v) is 4.94. The molecule has 186 valence electrons. The van der Waals surface area contributed by atoms with E-state index in [4.69, 9.17) is 40.2 Å². The van der Waals surface area contributed by atoms with Crippen LogP contribution in [-0.4, -0.2) is 39.5 Å². The number of thiocarbonyl (C=S) groups is 1. The molecule has 1 aliphatic rings. The summed E-state index contributed by atoms with van der Waals surface area (Å²) in [5, 5.41) is 14.7. The molecule has 4 rings (SSSR count). The molecular weight excluding hydrogens is 510 g/mol. The Morgan fingerprint density at radius 3 is 2.80 bits per heavy atom. The lowest BCUT2D eigenvalue weighted by atomic mass is 10.1. The normalized spacial score (nSPS) is 15.0. The zero-order chi connectivity index (χ0) is 24.9. The van der Waals surface area contributed by atoms with Crippen molar-refractivity contribution in [2.75, 3.05) is 25.0 Å². The second-order valence-corrected chi connectivity index (χ2v) is 9.46. The van der Waals surface area contributed by atoms with Gasteiger partial charge in [0, 0.05) is 40.7 Å². The van der Waals surface area contributed by atoms with Gasteiger partial charge < -0.3 is 20.7 Å². The molecule has 0 aliphatic carbocycles. The van der Waals surface area contributed by atoms with Gasteiger partial charge in [-0.15, -0.1) is 0 Å². The predicted octanol–water partition coefficient (Wildman–Crippen LogP) is 5.76. The topological polar surface area (TPSA) is 76.0 Å². The monoisotopic (exact) mass is 536 g/mol. The molecule has 0 bridgehead atoms. The van der Waals surface area contributed by atoms with Crippen LogP contribution < -0.4 is 20.7 Å². The van der Waals surface area contributed by atoms with Crippen LogP contribution in [0.1, 0.15) is 44.4 Å². The van der Waals surface area contributed by atoms with Gasteiger partial charge in [-0.1, -0.05) is 23.2 Å². The number of aromatic nitrogens is 3. The van der Waals surface area contributed by atoms with Gasteiger partial charge in [-0.3, -0.25) is 4.68 Å². The minimum absolute atomic E-state index is 0.0740. The first-order valence-electron chi connectivity index (χ1n) is 11.5. The molecule has 1 aliphatic heterocycles. The SMILES string of the molecule is CCNC(=S)Nc1ncc(-c2cnn(C3CCNCC3)c2)cc1O[C@H](C)c1c(Cl)ccc(F)c1Cl. The lowest BCUT2D eigenvalue weighted by Gasteiger charge is -2.22. The molecule has 0 amide bonds. The van der Waals surface area contributed by atoms with E-state index in [2.05, 4.69) is 26.0 Å². The number of anilines is 1. The number of hydrogen-bond donors (Lipinski definition) is 3. The largest absolute Gasteiger partial charge is 0.482 e. The first-order chi connectivity index (χ1) is 16.9. The van der Waals surface area contributed by atoms with Crippen molar-refractivity contribution in [3.63, 3.8) is 0 Å². The Morgan fingerprint density at radius 2 is 2.06 bits per heavy atom. The molecule has 0 unspecified atom stereocenters. The van der Waals surface area contributed by atoms with Crippen molar-refractivity contribution >= 4 is 46.4 Å².